The van der Waals surface area contributed by atoms with E-state index in [1.165, 1.54) is 43.4 Å². The molecule has 2 atom stereocenters. The summed E-state index contributed by atoms with van der Waals surface area (Å²) in [6.45, 7) is 0. The van der Waals surface area contributed by atoms with Crippen molar-refractivity contribution in [1.82, 2.24) is 0 Å². The maximum absolute atomic E-state index is 13.3. The number of amides is 1. The molecule has 33 heavy (non-hydrogen) atoms. The summed E-state index contributed by atoms with van der Waals surface area (Å²) >= 11 is 1.08. The number of carbonyl (C=O) groups excluding carboxylic acids is 1. The molecule has 1 amide bonds. The van der Waals surface area contributed by atoms with Gasteiger partial charge in [-0.15, -0.1) is 0 Å². The summed E-state index contributed by atoms with van der Waals surface area (Å²) in [5, 5.41) is -0.291. The first-order chi connectivity index (χ1) is 15.5. The third-order valence-electron chi connectivity index (χ3n) is 5.35. The first kappa shape index (κ1) is 23.4. The van der Waals surface area contributed by atoms with Crippen molar-refractivity contribution in [3.05, 3.63) is 53.6 Å². The molecule has 176 valence electrons. The molecule has 4 rings (SSSR count). The molecule has 2 aliphatic heterocycles. The Hall–Kier alpha value is -2.73. The predicted octanol–water partition coefficient (Wildman–Crippen LogP) is 3.64. The number of amidine groups is 1. The number of halogens is 3. The summed E-state index contributed by atoms with van der Waals surface area (Å²) in [5.41, 5.74) is -0.560. The van der Waals surface area contributed by atoms with E-state index in [4.69, 9.17) is 9.47 Å². The van der Waals surface area contributed by atoms with Crippen LogP contribution in [-0.2, 0) is 16.0 Å². The molecular weight excluding hydrogens is 481 g/mol. The molecule has 0 unspecified atom stereocenters. The minimum Gasteiger partial charge on any atom is -0.493 e. The molecule has 12 heteroatoms. The highest BCUT2D eigenvalue weighted by atomic mass is 32.2. The van der Waals surface area contributed by atoms with Gasteiger partial charge >= 0.3 is 6.18 Å². The average molecular weight is 501 g/mol. The molecule has 0 bridgehead atoms. The lowest BCUT2D eigenvalue weighted by atomic mass is 10.1. The number of nitrogens with zero attached hydrogens (tertiary/aromatic N) is 2. The van der Waals surface area contributed by atoms with Crippen molar-refractivity contribution in [2.75, 3.05) is 30.6 Å². The van der Waals surface area contributed by atoms with Gasteiger partial charge in [0.25, 0.3) is 5.91 Å². The summed E-state index contributed by atoms with van der Waals surface area (Å²) in [6, 6.07) is 8.41. The zero-order valence-electron chi connectivity index (χ0n) is 17.5. The molecule has 2 fully saturated rings. The van der Waals surface area contributed by atoms with E-state index in [1.54, 1.807) is 6.07 Å². The Balaban J connectivity index is 1.74. The van der Waals surface area contributed by atoms with E-state index in [0.29, 0.717) is 11.5 Å². The van der Waals surface area contributed by atoms with Crippen LogP contribution < -0.4 is 14.4 Å². The highest BCUT2D eigenvalue weighted by Crippen LogP contribution is 2.42. The number of benzene rings is 2. The number of carbonyl (C=O) groups is 1. The van der Waals surface area contributed by atoms with E-state index in [9.17, 15) is 26.4 Å². The molecule has 0 spiro atoms. The molecule has 2 aromatic carbocycles. The number of aliphatic imine (C=N–C) groups is 1. The molecule has 2 aliphatic rings. The fourth-order valence-corrected chi connectivity index (χ4v) is 7.73. The third-order valence-corrected chi connectivity index (χ3v) is 8.56. The number of hydrogen-bond donors (Lipinski definition) is 0. The highest BCUT2D eigenvalue weighted by molar-refractivity contribution is 8.16. The van der Waals surface area contributed by atoms with Gasteiger partial charge < -0.3 is 14.4 Å². The second-order valence-electron chi connectivity index (χ2n) is 7.49. The molecule has 2 aromatic rings. The van der Waals surface area contributed by atoms with E-state index in [2.05, 4.69) is 4.99 Å². The number of anilines is 1. The Kier molecular flexibility index (Phi) is 6.08. The Labute approximate surface area is 192 Å². The van der Waals surface area contributed by atoms with Crippen molar-refractivity contribution in [3.8, 4) is 11.5 Å². The van der Waals surface area contributed by atoms with Crippen LogP contribution in [0.4, 0.5) is 18.9 Å². The molecule has 0 radical (unpaired) electrons. The Bertz CT molecular complexity index is 1230. The Morgan fingerprint density at radius 3 is 2.48 bits per heavy atom. The minimum atomic E-state index is -4.57. The van der Waals surface area contributed by atoms with E-state index < -0.39 is 38.8 Å². The summed E-state index contributed by atoms with van der Waals surface area (Å²) in [5.74, 6) is -0.271. The van der Waals surface area contributed by atoms with Crippen molar-refractivity contribution in [3.63, 3.8) is 0 Å². The molecule has 0 aliphatic carbocycles. The quantitative estimate of drug-likeness (QED) is 0.634. The summed E-state index contributed by atoms with van der Waals surface area (Å²) in [7, 11) is -0.489. The summed E-state index contributed by atoms with van der Waals surface area (Å²) in [4.78, 5) is 18.5. The number of hydrogen-bond acceptors (Lipinski definition) is 6. The molecule has 0 N–H and O–H groups in total. The van der Waals surface area contributed by atoms with Crippen LogP contribution >= 0.6 is 11.8 Å². The summed E-state index contributed by atoms with van der Waals surface area (Å²) in [6.07, 6.45) is -4.57. The number of alkyl halides is 3. The van der Waals surface area contributed by atoms with Crippen molar-refractivity contribution in [1.29, 1.82) is 0 Å². The monoisotopic (exact) mass is 500 g/mol. The second kappa shape index (κ2) is 8.56. The largest absolute Gasteiger partial charge is 0.493 e. The van der Waals surface area contributed by atoms with Crippen LogP contribution in [0.15, 0.2) is 47.5 Å². The Morgan fingerprint density at radius 2 is 1.82 bits per heavy atom. The topological polar surface area (TPSA) is 85.3 Å². The number of fused-ring (bicyclic) bond motifs is 1. The number of thioether (sulfide) groups is 1. The first-order valence-corrected chi connectivity index (χ1v) is 12.4. The number of methoxy groups -OCH3 is 2. The molecule has 2 heterocycles. The van der Waals surface area contributed by atoms with Crippen LogP contribution in [-0.4, -0.2) is 56.5 Å². The summed E-state index contributed by atoms with van der Waals surface area (Å²) < 4.78 is 74.6. The molecule has 7 nitrogen and oxygen atoms in total. The van der Waals surface area contributed by atoms with Gasteiger partial charge in [0.2, 0.25) is 0 Å². The van der Waals surface area contributed by atoms with Crippen LogP contribution in [0.2, 0.25) is 0 Å². The highest BCUT2D eigenvalue weighted by Gasteiger charge is 2.49. The van der Waals surface area contributed by atoms with Gasteiger partial charge in [-0.3, -0.25) is 4.79 Å². The van der Waals surface area contributed by atoms with Gasteiger partial charge in [-0.1, -0.05) is 17.8 Å². The van der Waals surface area contributed by atoms with E-state index >= 15 is 0 Å². The van der Waals surface area contributed by atoms with Crippen LogP contribution in [0.1, 0.15) is 15.9 Å². The van der Waals surface area contributed by atoms with Crippen molar-refractivity contribution >= 4 is 38.4 Å². The van der Waals surface area contributed by atoms with Gasteiger partial charge in [0.1, 0.15) is 0 Å². The van der Waals surface area contributed by atoms with E-state index in [0.717, 1.165) is 23.9 Å². The lowest BCUT2D eigenvalue weighted by molar-refractivity contribution is -0.137. The van der Waals surface area contributed by atoms with Crippen LogP contribution in [0.25, 0.3) is 0 Å². The van der Waals surface area contributed by atoms with Crippen molar-refractivity contribution < 1.29 is 35.9 Å². The van der Waals surface area contributed by atoms with Gasteiger partial charge in [-0.2, -0.15) is 18.2 Å². The van der Waals surface area contributed by atoms with Gasteiger partial charge in [-0.05, 0) is 36.4 Å². The van der Waals surface area contributed by atoms with Gasteiger partial charge in [0.15, 0.2) is 26.5 Å². The second-order valence-corrected chi connectivity index (χ2v) is 10.8. The predicted molar refractivity (Wildman–Crippen MR) is 119 cm³/mol. The maximum Gasteiger partial charge on any atom is 0.416 e. The maximum atomic E-state index is 13.3. The SMILES string of the molecule is COc1ccc(C(=O)N=C2S[C@H]3CS(=O)(=O)C[C@@H]3N2c2cccc(C(F)(F)F)c2)cc1OC. The molecule has 2 saturated heterocycles. The van der Waals surface area contributed by atoms with Crippen LogP contribution in [0.3, 0.4) is 0 Å². The third kappa shape index (κ3) is 4.67. The van der Waals surface area contributed by atoms with Gasteiger partial charge in [-0.25, -0.2) is 8.42 Å². The average Bonchev–Trinajstić information content (AvgIpc) is 3.23. The van der Waals surface area contributed by atoms with Crippen molar-refractivity contribution in [2.24, 2.45) is 4.99 Å². The minimum absolute atomic E-state index is 0.126. The number of sulfone groups is 1. The fourth-order valence-electron chi connectivity index (χ4n) is 3.82. The van der Waals surface area contributed by atoms with Crippen molar-refractivity contribution in [2.45, 2.75) is 17.5 Å². The van der Waals surface area contributed by atoms with Gasteiger partial charge in [0.05, 0.1) is 37.3 Å². The molecule has 0 saturated carbocycles. The van der Waals surface area contributed by atoms with E-state index in [-0.39, 0.29) is 27.9 Å². The standard InChI is InChI=1S/C21H19F3N2O5S2/c1-30-16-7-6-12(8-17(16)31-2)19(27)25-20-26(15-10-33(28,29)11-18(15)32-20)14-5-3-4-13(9-14)21(22,23)24/h3-9,15,18H,10-11H2,1-2H3/t15-,18-/m0/s1. The van der Waals surface area contributed by atoms with Crippen LogP contribution in [0, 0.1) is 0 Å². The van der Waals surface area contributed by atoms with E-state index in [1.807, 2.05) is 0 Å². The zero-order chi connectivity index (χ0) is 24.0. The number of ether oxygens (including phenoxy) is 2. The zero-order valence-corrected chi connectivity index (χ0v) is 19.1. The smallest absolute Gasteiger partial charge is 0.416 e. The lowest BCUT2D eigenvalue weighted by Gasteiger charge is -2.25. The van der Waals surface area contributed by atoms with Crippen LogP contribution in [0.5, 0.6) is 11.5 Å². The normalized spacial score (nSPS) is 22.9. The Morgan fingerprint density at radius 1 is 1.09 bits per heavy atom. The first-order valence-electron chi connectivity index (χ1n) is 9.71. The fraction of sp³-hybridized carbons (Fsp3) is 0.333. The molecule has 0 aromatic heterocycles. The number of rotatable bonds is 4. The molecular formula is C21H19F3N2O5S2. The van der Waals surface area contributed by atoms with Gasteiger partial charge in [0, 0.05) is 16.5 Å². The lowest BCUT2D eigenvalue weighted by Crippen LogP contribution is -2.37.